The molecule has 1 fully saturated rings. The van der Waals surface area contributed by atoms with Crippen molar-refractivity contribution in [1.29, 1.82) is 0 Å². The lowest BCUT2D eigenvalue weighted by Crippen LogP contribution is -2.44. The maximum atomic E-state index is 12.8. The van der Waals surface area contributed by atoms with Crippen molar-refractivity contribution in [3.05, 3.63) is 52.7 Å². The first kappa shape index (κ1) is 22.0. The molecule has 3 rings (SSSR count). The van der Waals surface area contributed by atoms with E-state index in [9.17, 15) is 18.3 Å². The summed E-state index contributed by atoms with van der Waals surface area (Å²) in [4.78, 5) is 10.3. The van der Waals surface area contributed by atoms with Crippen LogP contribution in [0.4, 0.5) is 19.0 Å². The predicted molar refractivity (Wildman–Crippen MR) is 111 cm³/mol. The molecule has 0 radical (unpaired) electrons. The second-order valence-electron chi connectivity index (χ2n) is 6.97. The van der Waals surface area contributed by atoms with E-state index in [4.69, 9.17) is 11.6 Å². The molecule has 2 heterocycles. The molecule has 2 aromatic rings. The largest absolute Gasteiger partial charge is 0.508 e. The highest BCUT2D eigenvalue weighted by Crippen LogP contribution is 2.34. The van der Waals surface area contributed by atoms with Crippen molar-refractivity contribution in [2.24, 2.45) is 4.99 Å². The molecule has 0 saturated carbocycles. The third-order valence-electron chi connectivity index (χ3n) is 4.65. The number of phenolic OH excluding ortho intramolecular Hbond substituents is 1. The number of aromatic hydroxyl groups is 1. The minimum atomic E-state index is -4.48. The number of alkyl halides is 3. The monoisotopic (exact) mass is 441 g/mol. The number of guanidine groups is 1. The molecule has 0 bridgehead atoms. The second kappa shape index (κ2) is 9.42. The van der Waals surface area contributed by atoms with Crippen molar-refractivity contribution in [3.8, 4) is 5.75 Å². The van der Waals surface area contributed by atoms with Gasteiger partial charge in [-0.15, -0.1) is 0 Å². The fourth-order valence-corrected chi connectivity index (χ4v) is 3.51. The molecule has 6 nitrogen and oxygen atoms in total. The van der Waals surface area contributed by atoms with E-state index in [1.54, 1.807) is 18.2 Å². The fourth-order valence-electron chi connectivity index (χ4n) is 3.23. The molecule has 162 valence electrons. The van der Waals surface area contributed by atoms with E-state index in [1.165, 1.54) is 0 Å². The van der Waals surface area contributed by atoms with Gasteiger partial charge >= 0.3 is 6.18 Å². The Bertz CT molecular complexity index is 906. The van der Waals surface area contributed by atoms with E-state index in [2.05, 4.69) is 20.6 Å². The molecule has 30 heavy (non-hydrogen) atoms. The van der Waals surface area contributed by atoms with Gasteiger partial charge in [0.25, 0.3) is 0 Å². The number of halogens is 4. The van der Waals surface area contributed by atoms with Crippen molar-refractivity contribution in [1.82, 2.24) is 15.6 Å². The molecule has 1 unspecified atom stereocenters. The number of benzene rings is 1. The molecule has 1 atom stereocenters. The minimum absolute atomic E-state index is 0.0186. The van der Waals surface area contributed by atoms with Gasteiger partial charge in [-0.3, -0.25) is 0 Å². The van der Waals surface area contributed by atoms with Gasteiger partial charge in [-0.25, -0.2) is 9.98 Å². The van der Waals surface area contributed by atoms with E-state index in [-0.39, 0.29) is 16.8 Å². The first-order chi connectivity index (χ1) is 14.3. The Hall–Kier alpha value is -2.68. The molecule has 10 heteroatoms. The first-order valence-corrected chi connectivity index (χ1v) is 9.94. The molecule has 0 amide bonds. The van der Waals surface area contributed by atoms with Crippen molar-refractivity contribution in [2.45, 2.75) is 32.1 Å². The van der Waals surface area contributed by atoms with Crippen LogP contribution in [-0.4, -0.2) is 41.7 Å². The molecule has 1 aliphatic heterocycles. The van der Waals surface area contributed by atoms with E-state index < -0.39 is 11.7 Å². The van der Waals surface area contributed by atoms with Crippen LogP contribution in [0.1, 0.15) is 24.5 Å². The summed E-state index contributed by atoms with van der Waals surface area (Å²) in [5.74, 6) is 1.16. The van der Waals surface area contributed by atoms with Gasteiger partial charge in [-0.05, 0) is 37.1 Å². The molecule has 0 aliphatic carbocycles. The van der Waals surface area contributed by atoms with Gasteiger partial charge in [0.15, 0.2) is 5.96 Å². The van der Waals surface area contributed by atoms with Gasteiger partial charge in [0.2, 0.25) is 0 Å². The number of nitrogens with zero attached hydrogens (tertiary/aromatic N) is 3. The van der Waals surface area contributed by atoms with Gasteiger partial charge < -0.3 is 20.6 Å². The highest BCUT2D eigenvalue weighted by molar-refractivity contribution is 6.33. The predicted octanol–water partition coefficient (Wildman–Crippen LogP) is 3.79. The Morgan fingerprint density at radius 3 is 2.83 bits per heavy atom. The van der Waals surface area contributed by atoms with E-state index in [0.717, 1.165) is 24.2 Å². The van der Waals surface area contributed by atoms with Crippen LogP contribution >= 0.6 is 11.6 Å². The lowest BCUT2D eigenvalue weighted by atomic mass is 10.2. The number of aromatic nitrogens is 1. The van der Waals surface area contributed by atoms with Crippen LogP contribution in [0, 0.1) is 0 Å². The number of hydrogen-bond acceptors (Lipinski definition) is 4. The topological polar surface area (TPSA) is 72.8 Å². The van der Waals surface area contributed by atoms with Crippen LogP contribution < -0.4 is 15.5 Å². The molecule has 1 aromatic carbocycles. The summed E-state index contributed by atoms with van der Waals surface area (Å²) in [5, 5.41) is 16.1. The number of aliphatic imine (C=N–C) groups is 1. The minimum Gasteiger partial charge on any atom is -0.508 e. The lowest BCUT2D eigenvalue weighted by molar-refractivity contribution is -0.137. The normalized spacial score (nSPS) is 17.3. The van der Waals surface area contributed by atoms with Crippen LogP contribution in [0.5, 0.6) is 5.75 Å². The zero-order chi connectivity index (χ0) is 21.7. The average Bonchev–Trinajstić information content (AvgIpc) is 3.14. The standard InChI is InChI=1S/C20H23ClF3N5O/c1-2-25-19(27-10-13-4-3-5-16(30)8-13)28-15-6-7-29(12-15)18-17(21)9-14(11-26-18)20(22,23)24/h3-5,8-9,11,15,30H,2,6-7,10,12H2,1H3,(H2,25,27,28). The quantitative estimate of drug-likeness (QED) is 0.486. The molecular formula is C20H23ClF3N5O. The summed E-state index contributed by atoms with van der Waals surface area (Å²) in [6.07, 6.45) is -2.91. The Morgan fingerprint density at radius 1 is 1.37 bits per heavy atom. The Labute approximate surface area is 177 Å². The lowest BCUT2D eigenvalue weighted by Gasteiger charge is -2.21. The van der Waals surface area contributed by atoms with Crippen LogP contribution in [0.15, 0.2) is 41.5 Å². The highest BCUT2D eigenvalue weighted by Gasteiger charge is 2.33. The average molecular weight is 442 g/mol. The zero-order valence-corrected chi connectivity index (χ0v) is 17.1. The summed E-state index contributed by atoms with van der Waals surface area (Å²) >= 11 is 6.07. The number of anilines is 1. The van der Waals surface area contributed by atoms with Gasteiger partial charge in [0.1, 0.15) is 11.6 Å². The maximum Gasteiger partial charge on any atom is 0.417 e. The van der Waals surface area contributed by atoms with Gasteiger partial charge in [0, 0.05) is 31.9 Å². The fraction of sp³-hybridized carbons (Fsp3) is 0.400. The molecule has 1 aromatic heterocycles. The third kappa shape index (κ3) is 5.69. The zero-order valence-electron chi connectivity index (χ0n) is 16.4. The number of pyridine rings is 1. The second-order valence-corrected chi connectivity index (χ2v) is 7.38. The summed E-state index contributed by atoms with van der Waals surface area (Å²) in [6.45, 7) is 4.18. The third-order valence-corrected chi connectivity index (χ3v) is 4.93. The first-order valence-electron chi connectivity index (χ1n) is 9.56. The molecule has 3 N–H and O–H groups in total. The smallest absolute Gasteiger partial charge is 0.417 e. The van der Waals surface area contributed by atoms with Crippen LogP contribution in [0.3, 0.4) is 0 Å². The van der Waals surface area contributed by atoms with Crippen LogP contribution in [-0.2, 0) is 12.7 Å². The molecule has 1 saturated heterocycles. The number of hydrogen-bond donors (Lipinski definition) is 3. The van der Waals surface area contributed by atoms with E-state index >= 15 is 0 Å². The highest BCUT2D eigenvalue weighted by atomic mass is 35.5. The Balaban J connectivity index is 1.64. The number of phenols is 1. The summed E-state index contributed by atoms with van der Waals surface area (Å²) in [7, 11) is 0. The van der Waals surface area contributed by atoms with Crippen molar-refractivity contribution in [3.63, 3.8) is 0 Å². The summed E-state index contributed by atoms with van der Waals surface area (Å²) in [5.41, 5.74) is 0.0135. The van der Waals surface area contributed by atoms with Gasteiger partial charge in [0.05, 0.1) is 17.1 Å². The van der Waals surface area contributed by atoms with Crippen molar-refractivity contribution >= 4 is 23.4 Å². The molecule has 0 spiro atoms. The summed E-state index contributed by atoms with van der Waals surface area (Å²) in [6, 6.07) is 7.84. The number of rotatable bonds is 5. The van der Waals surface area contributed by atoms with Crippen molar-refractivity contribution in [2.75, 3.05) is 24.5 Å². The van der Waals surface area contributed by atoms with Crippen LogP contribution in [0.25, 0.3) is 0 Å². The Morgan fingerprint density at radius 2 is 2.17 bits per heavy atom. The SMILES string of the molecule is CCNC(=NCc1cccc(O)c1)NC1CCN(c2ncc(C(F)(F)F)cc2Cl)C1. The van der Waals surface area contributed by atoms with E-state index in [1.807, 2.05) is 17.9 Å². The molecule has 1 aliphatic rings. The van der Waals surface area contributed by atoms with Crippen molar-refractivity contribution < 1.29 is 18.3 Å². The summed E-state index contributed by atoms with van der Waals surface area (Å²) < 4.78 is 38.4. The van der Waals surface area contributed by atoms with Crippen LogP contribution in [0.2, 0.25) is 5.02 Å². The van der Waals surface area contributed by atoms with Gasteiger partial charge in [-0.2, -0.15) is 13.2 Å². The maximum absolute atomic E-state index is 12.8. The number of nitrogens with one attached hydrogen (secondary N) is 2. The Kier molecular flexibility index (Phi) is 6.91. The molecular weight excluding hydrogens is 419 g/mol. The van der Waals surface area contributed by atoms with Gasteiger partial charge in [-0.1, -0.05) is 23.7 Å². The van der Waals surface area contributed by atoms with E-state index in [0.29, 0.717) is 38.0 Å².